The molecular weight excluding hydrogens is 370 g/mol. The van der Waals surface area contributed by atoms with Gasteiger partial charge in [0.15, 0.2) is 0 Å². The van der Waals surface area contributed by atoms with Crippen LogP contribution in [0.1, 0.15) is 19.4 Å². The number of benzene rings is 2. The lowest BCUT2D eigenvalue weighted by atomic mass is 9.90. The number of nitriles is 1. The van der Waals surface area contributed by atoms with Crippen LogP contribution >= 0.6 is 15.9 Å². The summed E-state index contributed by atoms with van der Waals surface area (Å²) in [6.07, 6.45) is 0. The molecule has 0 heterocycles. The lowest BCUT2D eigenvalue weighted by molar-refractivity contribution is -0.135. The maximum absolute atomic E-state index is 12.5. The van der Waals surface area contributed by atoms with Crippen molar-refractivity contribution in [3.8, 4) is 6.07 Å². The third kappa shape index (κ3) is 4.00. The predicted octanol–water partition coefficient (Wildman–Crippen LogP) is 3.92. The van der Waals surface area contributed by atoms with Crippen LogP contribution in [0.5, 0.6) is 0 Å². The molecule has 0 atom stereocenters. The van der Waals surface area contributed by atoms with Crippen molar-refractivity contribution in [2.45, 2.75) is 13.8 Å². The van der Waals surface area contributed by atoms with E-state index in [0.717, 1.165) is 4.47 Å². The molecular formula is C18H16BrN3O2. The Balaban J connectivity index is 2.13. The first-order valence-corrected chi connectivity index (χ1v) is 8.01. The summed E-state index contributed by atoms with van der Waals surface area (Å²) in [5.41, 5.74) is 0.0151. The number of anilines is 2. The van der Waals surface area contributed by atoms with Crippen molar-refractivity contribution in [1.82, 2.24) is 0 Å². The number of hydrogen-bond donors (Lipinski definition) is 2. The van der Waals surface area contributed by atoms with Crippen molar-refractivity contribution >= 4 is 39.1 Å². The number of rotatable bonds is 4. The molecule has 0 aliphatic rings. The molecule has 0 bridgehead atoms. The largest absolute Gasteiger partial charge is 0.325 e. The summed E-state index contributed by atoms with van der Waals surface area (Å²) < 4.78 is 0.894. The SMILES string of the molecule is CC(C)(C(=O)Nc1ccc(Br)cc1)C(=O)Nc1ccccc1C#N. The molecule has 122 valence electrons. The van der Waals surface area contributed by atoms with Crippen LogP contribution in [-0.2, 0) is 9.59 Å². The molecule has 0 saturated carbocycles. The second-order valence-corrected chi connectivity index (χ2v) is 6.61. The molecule has 24 heavy (non-hydrogen) atoms. The molecule has 0 unspecified atom stereocenters. The lowest BCUT2D eigenvalue weighted by Gasteiger charge is -2.23. The summed E-state index contributed by atoms with van der Waals surface area (Å²) in [5, 5.41) is 14.4. The highest BCUT2D eigenvalue weighted by Gasteiger charge is 2.36. The van der Waals surface area contributed by atoms with Gasteiger partial charge in [-0.25, -0.2) is 0 Å². The summed E-state index contributed by atoms with van der Waals surface area (Å²) in [4.78, 5) is 25.0. The van der Waals surface area contributed by atoms with E-state index < -0.39 is 17.2 Å². The minimum Gasteiger partial charge on any atom is -0.325 e. The van der Waals surface area contributed by atoms with E-state index in [2.05, 4.69) is 26.6 Å². The molecule has 0 aliphatic heterocycles. The first-order valence-electron chi connectivity index (χ1n) is 7.22. The molecule has 2 amide bonds. The number of carbonyl (C=O) groups is 2. The third-order valence-electron chi connectivity index (χ3n) is 3.53. The zero-order chi connectivity index (χ0) is 17.7. The van der Waals surface area contributed by atoms with Gasteiger partial charge in [-0.3, -0.25) is 9.59 Å². The van der Waals surface area contributed by atoms with Crippen molar-refractivity contribution in [2.75, 3.05) is 10.6 Å². The normalized spacial score (nSPS) is 10.6. The smallest absolute Gasteiger partial charge is 0.239 e. The van der Waals surface area contributed by atoms with Crippen LogP contribution in [-0.4, -0.2) is 11.8 Å². The summed E-state index contributed by atoms with van der Waals surface area (Å²) in [6.45, 7) is 3.07. The van der Waals surface area contributed by atoms with E-state index in [1.54, 1.807) is 48.5 Å². The number of amides is 2. The highest BCUT2D eigenvalue weighted by atomic mass is 79.9. The highest BCUT2D eigenvalue weighted by Crippen LogP contribution is 2.23. The Kier molecular flexibility index (Phi) is 5.37. The molecule has 0 radical (unpaired) electrons. The molecule has 0 aromatic heterocycles. The zero-order valence-electron chi connectivity index (χ0n) is 13.3. The average Bonchev–Trinajstić information content (AvgIpc) is 2.57. The van der Waals surface area contributed by atoms with E-state index >= 15 is 0 Å². The Labute approximate surface area is 148 Å². The minimum atomic E-state index is -1.31. The molecule has 2 rings (SSSR count). The van der Waals surface area contributed by atoms with Gasteiger partial charge in [-0.15, -0.1) is 0 Å². The topological polar surface area (TPSA) is 82.0 Å². The first kappa shape index (κ1) is 17.7. The van der Waals surface area contributed by atoms with E-state index in [4.69, 9.17) is 5.26 Å². The van der Waals surface area contributed by atoms with Crippen LogP contribution in [0.3, 0.4) is 0 Å². The van der Waals surface area contributed by atoms with Crippen LogP contribution in [0.25, 0.3) is 0 Å². The Bertz CT molecular complexity index is 808. The molecule has 2 aromatic carbocycles. The van der Waals surface area contributed by atoms with Gasteiger partial charge >= 0.3 is 0 Å². The molecule has 0 aliphatic carbocycles. The Morgan fingerprint density at radius 3 is 2.21 bits per heavy atom. The molecule has 5 nitrogen and oxygen atoms in total. The van der Waals surface area contributed by atoms with Crippen molar-refractivity contribution in [2.24, 2.45) is 5.41 Å². The summed E-state index contributed by atoms with van der Waals surface area (Å²) in [6, 6.07) is 15.7. The Hall–Kier alpha value is -2.65. The highest BCUT2D eigenvalue weighted by molar-refractivity contribution is 9.10. The fourth-order valence-corrected chi connectivity index (χ4v) is 2.16. The van der Waals surface area contributed by atoms with Gasteiger partial charge < -0.3 is 10.6 Å². The van der Waals surface area contributed by atoms with E-state index in [1.165, 1.54) is 13.8 Å². The van der Waals surface area contributed by atoms with Gasteiger partial charge in [-0.1, -0.05) is 28.1 Å². The zero-order valence-corrected chi connectivity index (χ0v) is 14.8. The van der Waals surface area contributed by atoms with Crippen LogP contribution in [0.15, 0.2) is 53.0 Å². The van der Waals surface area contributed by atoms with Gasteiger partial charge in [-0.05, 0) is 50.2 Å². The molecule has 0 spiro atoms. The molecule has 0 fully saturated rings. The molecule has 6 heteroatoms. The summed E-state index contributed by atoms with van der Waals surface area (Å²) >= 11 is 3.32. The van der Waals surface area contributed by atoms with E-state index in [-0.39, 0.29) is 0 Å². The summed E-state index contributed by atoms with van der Waals surface area (Å²) in [7, 11) is 0. The van der Waals surface area contributed by atoms with Gasteiger partial charge in [0.05, 0.1) is 11.3 Å². The van der Waals surface area contributed by atoms with Gasteiger partial charge in [0.25, 0.3) is 0 Å². The standard InChI is InChI=1S/C18H16BrN3O2/c1-18(2,16(23)21-14-9-7-13(19)8-10-14)17(24)22-15-6-4-3-5-12(15)11-20/h3-10H,1-2H3,(H,21,23)(H,22,24). The lowest BCUT2D eigenvalue weighted by Crippen LogP contribution is -2.41. The van der Waals surface area contributed by atoms with Crippen molar-refractivity contribution in [3.05, 3.63) is 58.6 Å². The predicted molar refractivity (Wildman–Crippen MR) is 96.3 cm³/mol. The van der Waals surface area contributed by atoms with E-state index in [9.17, 15) is 9.59 Å². The quantitative estimate of drug-likeness (QED) is 0.782. The third-order valence-corrected chi connectivity index (χ3v) is 4.06. The maximum atomic E-state index is 12.5. The van der Waals surface area contributed by atoms with E-state index in [0.29, 0.717) is 16.9 Å². The molecule has 0 saturated heterocycles. The number of nitrogens with one attached hydrogen (secondary N) is 2. The van der Waals surface area contributed by atoms with Gasteiger partial charge in [0.2, 0.25) is 11.8 Å². The Morgan fingerprint density at radius 2 is 1.58 bits per heavy atom. The fourth-order valence-electron chi connectivity index (χ4n) is 1.89. The van der Waals surface area contributed by atoms with Crippen molar-refractivity contribution < 1.29 is 9.59 Å². The second-order valence-electron chi connectivity index (χ2n) is 5.70. The van der Waals surface area contributed by atoms with Crippen LogP contribution in [0, 0.1) is 16.7 Å². The van der Waals surface area contributed by atoms with Crippen LogP contribution in [0.4, 0.5) is 11.4 Å². The monoisotopic (exact) mass is 385 g/mol. The van der Waals surface area contributed by atoms with Crippen LogP contribution < -0.4 is 10.6 Å². The molecule has 2 N–H and O–H groups in total. The summed E-state index contributed by atoms with van der Waals surface area (Å²) in [5.74, 6) is -0.920. The van der Waals surface area contributed by atoms with E-state index in [1.807, 2.05) is 6.07 Å². The fraction of sp³-hybridized carbons (Fsp3) is 0.167. The number of hydrogen-bond acceptors (Lipinski definition) is 3. The van der Waals surface area contributed by atoms with Crippen molar-refractivity contribution in [3.63, 3.8) is 0 Å². The number of nitrogens with zero attached hydrogens (tertiary/aromatic N) is 1. The van der Waals surface area contributed by atoms with Gasteiger partial charge in [-0.2, -0.15) is 5.26 Å². The van der Waals surface area contributed by atoms with Gasteiger partial charge in [0, 0.05) is 10.2 Å². The second kappa shape index (κ2) is 7.28. The number of para-hydroxylation sites is 1. The number of carbonyl (C=O) groups excluding carboxylic acids is 2. The maximum Gasteiger partial charge on any atom is 0.239 e. The average molecular weight is 386 g/mol. The van der Waals surface area contributed by atoms with Gasteiger partial charge in [0.1, 0.15) is 11.5 Å². The first-order chi connectivity index (χ1) is 11.3. The Morgan fingerprint density at radius 1 is 1.00 bits per heavy atom. The molecule has 2 aromatic rings. The minimum absolute atomic E-state index is 0.343. The van der Waals surface area contributed by atoms with Crippen LogP contribution in [0.2, 0.25) is 0 Å². The number of halogens is 1. The van der Waals surface area contributed by atoms with Crippen molar-refractivity contribution in [1.29, 1.82) is 5.26 Å².